The molecule has 1 saturated carbocycles. The van der Waals surface area contributed by atoms with Crippen molar-refractivity contribution in [3.8, 4) is 0 Å². The lowest BCUT2D eigenvalue weighted by molar-refractivity contribution is -0.139. The molecular formula is C20H31N3O. The number of hydrogen-bond donors (Lipinski definition) is 1. The predicted molar refractivity (Wildman–Crippen MR) is 99.0 cm³/mol. The van der Waals surface area contributed by atoms with Crippen molar-refractivity contribution in [3.05, 3.63) is 30.3 Å². The maximum atomic E-state index is 13.1. The number of nitrogens with two attached hydrogens (primary N) is 1. The SMILES string of the molecule is CN(C(=O)C1CCCCC1(C)N)C1CCCN(c2ccccc2)C1. The Hall–Kier alpha value is -1.55. The predicted octanol–water partition coefficient (Wildman–Crippen LogP) is 3.02. The van der Waals surface area contributed by atoms with Crippen LogP contribution in [0.2, 0.25) is 0 Å². The van der Waals surface area contributed by atoms with Gasteiger partial charge in [0.15, 0.2) is 0 Å². The summed E-state index contributed by atoms with van der Waals surface area (Å²) < 4.78 is 0. The lowest BCUT2D eigenvalue weighted by Gasteiger charge is -2.43. The van der Waals surface area contributed by atoms with Crippen molar-refractivity contribution in [1.29, 1.82) is 0 Å². The average Bonchev–Trinajstić information content (AvgIpc) is 2.61. The van der Waals surface area contributed by atoms with Crippen LogP contribution in [-0.2, 0) is 4.79 Å². The highest BCUT2D eigenvalue weighted by atomic mass is 16.2. The quantitative estimate of drug-likeness (QED) is 0.927. The molecule has 2 N–H and O–H groups in total. The number of piperidine rings is 1. The first kappa shape index (κ1) is 17.3. The summed E-state index contributed by atoms with van der Waals surface area (Å²) in [4.78, 5) is 17.5. The standard InChI is InChI=1S/C20H31N3O/c1-20(21)13-7-6-12-18(20)19(24)22(2)17-11-8-14-23(15-17)16-9-4-3-5-10-16/h3-5,9-10,17-18H,6-8,11-15,21H2,1-2H3. The van der Waals surface area contributed by atoms with E-state index in [0.717, 1.165) is 51.6 Å². The summed E-state index contributed by atoms with van der Waals surface area (Å²) in [5.41, 5.74) is 7.35. The van der Waals surface area contributed by atoms with Gasteiger partial charge in [-0.1, -0.05) is 31.0 Å². The van der Waals surface area contributed by atoms with Gasteiger partial charge in [-0.25, -0.2) is 0 Å². The number of para-hydroxylation sites is 1. The Kier molecular flexibility index (Phi) is 5.14. The van der Waals surface area contributed by atoms with Gasteiger partial charge in [-0.15, -0.1) is 0 Å². The Balaban J connectivity index is 1.67. The van der Waals surface area contributed by atoms with Crippen LogP contribution in [0.25, 0.3) is 0 Å². The van der Waals surface area contributed by atoms with Crippen LogP contribution in [0, 0.1) is 5.92 Å². The summed E-state index contributed by atoms with van der Waals surface area (Å²) in [7, 11) is 1.98. The maximum Gasteiger partial charge on any atom is 0.227 e. The summed E-state index contributed by atoms with van der Waals surface area (Å²) in [5, 5.41) is 0. The summed E-state index contributed by atoms with van der Waals surface area (Å²) in [5.74, 6) is 0.225. The van der Waals surface area contributed by atoms with E-state index in [2.05, 4.69) is 36.1 Å². The Labute approximate surface area is 146 Å². The van der Waals surface area contributed by atoms with Gasteiger partial charge in [0.2, 0.25) is 5.91 Å². The molecule has 0 aromatic heterocycles. The Morgan fingerprint density at radius 1 is 1.21 bits per heavy atom. The van der Waals surface area contributed by atoms with Gasteiger partial charge in [0.05, 0.1) is 5.92 Å². The first-order chi connectivity index (χ1) is 11.5. The van der Waals surface area contributed by atoms with Crippen LogP contribution in [-0.4, -0.2) is 42.5 Å². The number of hydrogen-bond acceptors (Lipinski definition) is 3. The fourth-order valence-corrected chi connectivity index (χ4v) is 4.33. The van der Waals surface area contributed by atoms with Gasteiger partial charge >= 0.3 is 0 Å². The molecule has 4 nitrogen and oxygen atoms in total. The first-order valence-electron chi connectivity index (χ1n) is 9.34. The van der Waals surface area contributed by atoms with Gasteiger partial charge in [0, 0.05) is 37.4 Å². The normalized spacial score (nSPS) is 30.9. The van der Waals surface area contributed by atoms with Gasteiger partial charge in [-0.05, 0) is 44.7 Å². The zero-order valence-electron chi connectivity index (χ0n) is 15.1. The highest BCUT2D eigenvalue weighted by Crippen LogP contribution is 2.33. The number of amides is 1. The van der Waals surface area contributed by atoms with E-state index in [9.17, 15) is 4.79 Å². The van der Waals surface area contributed by atoms with Crippen molar-refractivity contribution >= 4 is 11.6 Å². The van der Waals surface area contributed by atoms with Crippen molar-refractivity contribution in [2.45, 2.75) is 57.0 Å². The molecule has 3 rings (SSSR count). The second kappa shape index (κ2) is 7.14. The van der Waals surface area contributed by atoms with Crippen LogP contribution in [0.4, 0.5) is 5.69 Å². The molecule has 0 radical (unpaired) electrons. The molecule has 4 heteroatoms. The highest BCUT2D eigenvalue weighted by Gasteiger charge is 2.40. The number of nitrogens with zero attached hydrogens (tertiary/aromatic N) is 2. The smallest absolute Gasteiger partial charge is 0.227 e. The maximum absolute atomic E-state index is 13.1. The summed E-state index contributed by atoms with van der Waals surface area (Å²) in [6, 6.07) is 10.8. The minimum Gasteiger partial charge on any atom is -0.369 e. The minimum atomic E-state index is -0.350. The van der Waals surface area contributed by atoms with Crippen molar-refractivity contribution in [1.82, 2.24) is 4.90 Å². The molecule has 2 fully saturated rings. The third kappa shape index (κ3) is 3.59. The molecule has 0 spiro atoms. The van der Waals surface area contributed by atoms with Crippen LogP contribution in [0.5, 0.6) is 0 Å². The molecule has 3 unspecified atom stereocenters. The van der Waals surface area contributed by atoms with E-state index in [0.29, 0.717) is 0 Å². The van der Waals surface area contributed by atoms with E-state index in [1.54, 1.807) is 0 Å². The second-order valence-corrected chi connectivity index (χ2v) is 7.83. The van der Waals surface area contributed by atoms with Crippen LogP contribution in [0.1, 0.15) is 45.4 Å². The van der Waals surface area contributed by atoms with E-state index < -0.39 is 0 Å². The van der Waals surface area contributed by atoms with E-state index in [1.165, 1.54) is 5.69 Å². The Bertz CT molecular complexity index is 557. The molecule has 2 aliphatic rings. The van der Waals surface area contributed by atoms with Gasteiger partial charge in [-0.2, -0.15) is 0 Å². The van der Waals surface area contributed by atoms with Crippen LogP contribution < -0.4 is 10.6 Å². The highest BCUT2D eigenvalue weighted by molar-refractivity contribution is 5.80. The molecule has 0 bridgehead atoms. The molecule has 1 amide bonds. The first-order valence-corrected chi connectivity index (χ1v) is 9.34. The van der Waals surface area contributed by atoms with Gasteiger partial charge in [0.25, 0.3) is 0 Å². The van der Waals surface area contributed by atoms with Crippen LogP contribution in [0.3, 0.4) is 0 Å². The topological polar surface area (TPSA) is 49.6 Å². The number of benzene rings is 1. The van der Waals surface area contributed by atoms with Crippen molar-refractivity contribution < 1.29 is 4.79 Å². The largest absolute Gasteiger partial charge is 0.369 e. The fourth-order valence-electron chi connectivity index (χ4n) is 4.33. The summed E-state index contributed by atoms with van der Waals surface area (Å²) in [6.07, 6.45) is 6.37. The van der Waals surface area contributed by atoms with Crippen LogP contribution in [0.15, 0.2) is 30.3 Å². The third-order valence-corrected chi connectivity index (χ3v) is 5.97. The average molecular weight is 329 g/mol. The molecule has 1 saturated heterocycles. The monoisotopic (exact) mass is 329 g/mol. The fraction of sp³-hybridized carbons (Fsp3) is 0.650. The molecule has 1 aromatic rings. The van der Waals surface area contributed by atoms with E-state index >= 15 is 0 Å². The number of anilines is 1. The molecule has 132 valence electrons. The number of rotatable bonds is 3. The zero-order valence-corrected chi connectivity index (χ0v) is 15.1. The molecule has 1 heterocycles. The van der Waals surface area contributed by atoms with E-state index in [-0.39, 0.29) is 23.4 Å². The number of carbonyl (C=O) groups excluding carboxylic acids is 1. The third-order valence-electron chi connectivity index (χ3n) is 5.97. The van der Waals surface area contributed by atoms with Crippen molar-refractivity contribution in [2.75, 3.05) is 25.0 Å². The van der Waals surface area contributed by atoms with Gasteiger partial charge in [-0.3, -0.25) is 4.79 Å². The van der Waals surface area contributed by atoms with Crippen molar-refractivity contribution in [2.24, 2.45) is 11.7 Å². The molecule has 1 aliphatic heterocycles. The molecular weight excluding hydrogens is 298 g/mol. The zero-order chi connectivity index (χ0) is 17.2. The van der Waals surface area contributed by atoms with Crippen LogP contribution >= 0.6 is 0 Å². The second-order valence-electron chi connectivity index (χ2n) is 7.83. The van der Waals surface area contributed by atoms with Gasteiger partial charge in [0.1, 0.15) is 0 Å². The Morgan fingerprint density at radius 2 is 1.96 bits per heavy atom. The lowest BCUT2D eigenvalue weighted by Crippen LogP contribution is -2.56. The molecule has 1 aromatic carbocycles. The number of likely N-dealkylation sites (N-methyl/N-ethyl adjacent to an activating group) is 1. The Morgan fingerprint density at radius 3 is 2.67 bits per heavy atom. The summed E-state index contributed by atoms with van der Waals surface area (Å²) in [6.45, 7) is 4.04. The van der Waals surface area contributed by atoms with Gasteiger partial charge < -0.3 is 15.5 Å². The number of carbonyl (C=O) groups is 1. The van der Waals surface area contributed by atoms with E-state index in [1.807, 2.05) is 18.0 Å². The minimum absolute atomic E-state index is 0.0247. The molecule has 3 atom stereocenters. The summed E-state index contributed by atoms with van der Waals surface area (Å²) >= 11 is 0. The molecule has 1 aliphatic carbocycles. The van der Waals surface area contributed by atoms with Crippen molar-refractivity contribution in [3.63, 3.8) is 0 Å². The lowest BCUT2D eigenvalue weighted by atomic mass is 9.74. The van der Waals surface area contributed by atoms with E-state index in [4.69, 9.17) is 5.73 Å². The molecule has 24 heavy (non-hydrogen) atoms.